The van der Waals surface area contributed by atoms with E-state index in [1.165, 1.54) is 87.9 Å². The van der Waals surface area contributed by atoms with Gasteiger partial charge < -0.3 is 37.3 Å². The number of thiophene rings is 4. The minimum Gasteiger partial charge on any atom is -0.465 e. The number of primary sulfonamides is 1. The van der Waals surface area contributed by atoms with Crippen molar-refractivity contribution in [3.63, 3.8) is 0 Å². The van der Waals surface area contributed by atoms with Crippen molar-refractivity contribution in [3.05, 3.63) is 399 Å². The average molecular weight is 1880 g/mol. The summed E-state index contributed by atoms with van der Waals surface area (Å²) >= 11 is 10.4. The quantitative estimate of drug-likeness (QED) is 0.00827. The second-order valence-electron chi connectivity index (χ2n) is 29.8. The first kappa shape index (κ1) is 101. The standard InChI is InChI=1S/C27H20N2O2S.C26H22N4O4S2.C21H18O3S.C14H11ClO.C6H5N3.C6H7NO2S.3CH3.Al/c1-18-5-2-3-8-24(18)20-9-11-21(12-10-20)25(30)16-22-13-14-32-26(22)27(31)29-23-7-4-6-19(15-23)17-28;27-25(28)19-4-3-5-20(14-19)30-26(32)24-18(12-13-35-24)15-22(31)17-10-8-16(9-11-17)21-6-1-2-7-23(21)36(29,33)34;1-14-5-3-4-6-18(14)15-7-9-16(10-8-15)19(22)13-17-11-12-25-20(17)21(23)24-2;1-10-4-2-3-5-13(10)11-6-8-12(9-7-11)14(15)16;7-4-5-2-1-3-6(8)9-5;1-9-6(8)5-4(7)2-3-10-5;;;;/h2-15H,16H2,1H3,(H,29,31);1-14H,15H2,(H3,27,28)(H,30,32)(H2,29,33,34);3-12H,13H2,1-2H3;2-9H,1H3;1-3H,(H2,8,9);2-3H,7H2,1H3;3*1H3;. The van der Waals surface area contributed by atoms with E-state index in [0.29, 0.717) is 109 Å². The van der Waals surface area contributed by atoms with Crippen LogP contribution in [0.5, 0.6) is 0 Å². The predicted octanol–water partition coefficient (Wildman–Crippen LogP) is 22.3. The van der Waals surface area contributed by atoms with Crippen LogP contribution in [-0.2, 0) is 38.8 Å². The van der Waals surface area contributed by atoms with Crippen LogP contribution >= 0.6 is 56.9 Å². The Kier molecular flexibility index (Phi) is 38.3. The summed E-state index contributed by atoms with van der Waals surface area (Å²) in [5.74, 6) is 5.55. The van der Waals surface area contributed by atoms with Crippen LogP contribution in [0, 0.1) is 48.8 Å². The van der Waals surface area contributed by atoms with Crippen LogP contribution in [0.25, 0.3) is 44.5 Å². The largest absolute Gasteiger partial charge is 0.465 e. The molecular weight excluding hydrogens is 1790 g/mol. The number of ether oxygens (including phenoxy) is 2. The number of amides is 2. The fourth-order valence-corrected chi connectivity index (χ4v) is 16.8. The molecular formula is C103H92AlClN10O12S5. The fourth-order valence-electron chi connectivity index (χ4n) is 12.7. The minimum absolute atomic E-state index is 0.00634. The zero-order chi connectivity index (χ0) is 95.6. The number of halogens is 1. The van der Waals surface area contributed by atoms with Gasteiger partial charge in [-0.2, -0.15) is 10.5 Å². The van der Waals surface area contributed by atoms with Gasteiger partial charge in [0.15, 0.2) is 17.3 Å². The minimum atomic E-state index is -3.91. The number of nitrogens with zero attached hydrogens (tertiary/aromatic N) is 3. The van der Waals surface area contributed by atoms with Gasteiger partial charge in [-0.1, -0.05) is 200 Å². The zero-order valence-electron chi connectivity index (χ0n) is 73.1. The van der Waals surface area contributed by atoms with Crippen LogP contribution < -0.4 is 33.0 Å². The van der Waals surface area contributed by atoms with Gasteiger partial charge in [0.25, 0.3) is 31.2 Å². The molecule has 0 aliphatic carbocycles. The summed E-state index contributed by atoms with van der Waals surface area (Å²) in [5.41, 5.74) is 34.6. The monoisotopic (exact) mass is 1880 g/mol. The number of carbonyl (C=O) groups is 8. The first-order chi connectivity index (χ1) is 63.3. The third-order valence-electron chi connectivity index (χ3n) is 19.3. The number of methoxy groups -OCH3 is 2. The molecule has 0 aliphatic rings. The van der Waals surface area contributed by atoms with Crippen LogP contribution in [0.1, 0.15) is 130 Å². The second-order valence-corrected chi connectivity index (χ2v) is 38.8. The van der Waals surface area contributed by atoms with Crippen molar-refractivity contribution in [1.29, 1.82) is 15.9 Å². The number of esters is 2. The highest BCUT2D eigenvalue weighted by atomic mass is 35.5. The predicted molar refractivity (Wildman–Crippen MR) is 533 cm³/mol. The number of hydrogen-bond acceptors (Lipinski definition) is 22. The van der Waals surface area contributed by atoms with E-state index in [2.05, 4.69) is 101 Å². The molecule has 132 heavy (non-hydrogen) atoms. The Balaban J connectivity index is 0.000000187. The number of anilines is 4. The molecule has 5 aromatic heterocycles. The Hall–Kier alpha value is -14.5. The lowest BCUT2D eigenvalue weighted by Gasteiger charge is -2.09. The third kappa shape index (κ3) is 29.8. The summed E-state index contributed by atoms with van der Waals surface area (Å²) in [6.07, 6.45) is 0.360. The maximum atomic E-state index is 13.0. The number of pyridine rings is 1. The Labute approximate surface area is 791 Å². The van der Waals surface area contributed by atoms with Crippen LogP contribution in [0.4, 0.5) is 22.9 Å². The summed E-state index contributed by atoms with van der Waals surface area (Å²) in [4.78, 5) is 103. The molecule has 10 aromatic carbocycles. The smallest absolute Gasteiger partial charge is 0.350 e. The van der Waals surface area contributed by atoms with E-state index >= 15 is 0 Å². The van der Waals surface area contributed by atoms with Gasteiger partial charge in [0.2, 0.25) is 10.0 Å². The Bertz CT molecular complexity index is 6820. The molecule has 0 radical (unpaired) electrons. The van der Waals surface area contributed by atoms with E-state index in [1.807, 2.05) is 115 Å². The highest BCUT2D eigenvalue weighted by Crippen LogP contribution is 2.32. The number of nitriles is 2. The van der Waals surface area contributed by atoms with Crippen molar-refractivity contribution < 1.29 is 56.2 Å². The van der Waals surface area contributed by atoms with Crippen molar-refractivity contribution in [3.8, 4) is 56.6 Å². The van der Waals surface area contributed by atoms with Gasteiger partial charge >= 0.3 is 11.9 Å². The van der Waals surface area contributed by atoms with E-state index in [4.69, 9.17) is 54.6 Å². The molecule has 0 unspecified atom stereocenters. The molecule has 22 nitrogen and oxygen atoms in total. The highest BCUT2D eigenvalue weighted by Gasteiger charge is 2.23. The van der Waals surface area contributed by atoms with E-state index in [0.717, 1.165) is 27.8 Å². The topological polar surface area (TPSA) is 402 Å². The Morgan fingerprint density at radius 3 is 1.16 bits per heavy atom. The van der Waals surface area contributed by atoms with Gasteiger partial charge in [0, 0.05) is 64.0 Å². The number of benzene rings is 10. The molecule has 666 valence electrons. The number of nitrogen functional groups attached to an aromatic ring is 3. The molecule has 2 amide bonds. The number of nitrogens with one attached hydrogen (secondary N) is 3. The number of aromatic nitrogens is 1. The normalized spacial score (nSPS) is 10.2. The first-order valence-corrected chi connectivity index (χ1v) is 49.6. The fraction of sp³-hybridized carbons (Fsp3) is 0.107. The van der Waals surface area contributed by atoms with Crippen LogP contribution in [0.3, 0.4) is 0 Å². The summed E-state index contributed by atoms with van der Waals surface area (Å²) in [6, 6.07) is 89.2. The Morgan fingerprint density at radius 2 is 0.788 bits per heavy atom. The number of carbonyl (C=O) groups excluding carboxylic acids is 8. The van der Waals surface area contributed by atoms with E-state index in [9.17, 15) is 46.8 Å². The molecule has 0 bridgehead atoms. The van der Waals surface area contributed by atoms with Gasteiger partial charge in [-0.25, -0.2) is 28.1 Å². The number of rotatable bonds is 22. The summed E-state index contributed by atoms with van der Waals surface area (Å²) in [6.45, 7) is 6.20. The molecule has 0 atom stereocenters. The maximum absolute atomic E-state index is 13.0. The second kappa shape index (κ2) is 49.9. The van der Waals surface area contributed by atoms with Crippen LogP contribution in [0.2, 0.25) is 17.4 Å². The number of ketones is 3. The average Bonchev–Trinajstić information content (AvgIpc) is 1.09. The molecule has 0 fully saturated rings. The van der Waals surface area contributed by atoms with Crippen molar-refractivity contribution in [2.24, 2.45) is 10.9 Å². The molecule has 15 rings (SSSR count). The molecule has 0 saturated carbocycles. The number of Topliss-reactive ketones (excluding diaryl/α,β-unsaturated/α-hetero) is 3. The van der Waals surface area contributed by atoms with Crippen molar-refractivity contribution in [1.82, 2.24) is 4.98 Å². The first-order valence-electron chi connectivity index (χ1n) is 40.7. The zero-order valence-corrected chi connectivity index (χ0v) is 79.1. The Morgan fingerprint density at radius 1 is 0.432 bits per heavy atom. The number of amidine groups is 1. The molecule has 0 saturated heterocycles. The molecule has 29 heteroatoms. The molecule has 11 N–H and O–H groups in total. The van der Waals surface area contributed by atoms with Crippen molar-refractivity contribution in [2.45, 2.75) is 62.3 Å². The number of hydrogen-bond donors (Lipinski definition) is 7. The molecule has 5 heterocycles. The third-order valence-corrected chi connectivity index (χ3v) is 24.3. The van der Waals surface area contributed by atoms with Gasteiger partial charge in [-0.15, -0.1) is 62.7 Å². The number of aryl methyl sites for hydroxylation is 3. The van der Waals surface area contributed by atoms with Crippen molar-refractivity contribution >= 4 is 156 Å². The highest BCUT2D eigenvalue weighted by molar-refractivity contribution is 7.89. The lowest BCUT2D eigenvalue weighted by atomic mass is 9.97. The van der Waals surface area contributed by atoms with E-state index < -0.39 is 21.2 Å². The SMILES string of the molecule is COC(=O)c1sccc1CC(=O)c1ccc(-c2ccccc2C)cc1.COC(=O)c1sccc1N.Cc1ccccc1-c1ccc(C(=O)Cc2ccsc2C(=O)Nc2cccc(C#N)c2)cc1.Cc1ccccc1-c1ccc(C(=O)Cl)cc1.N#Cc1cccc(N)n1.N=C(N)c1cccc(NC(=O)c2sccc2CC(=O)c2ccc(-c3ccccc3S(N)(=O)=O)cc2)c1.[CH3][Al]([CH3])[CH3]. The van der Waals surface area contributed by atoms with Crippen LogP contribution in [-0.4, -0.2) is 94.0 Å². The van der Waals surface area contributed by atoms with Gasteiger partial charge in [0.1, 0.15) is 33.2 Å². The van der Waals surface area contributed by atoms with E-state index in [1.54, 1.807) is 156 Å². The molecule has 0 aliphatic heterocycles. The number of sulfonamides is 1. The maximum Gasteiger partial charge on any atom is 0.350 e. The summed E-state index contributed by atoms with van der Waals surface area (Å²) in [7, 11) is -1.23. The lowest BCUT2D eigenvalue weighted by molar-refractivity contribution is 0.0597. The van der Waals surface area contributed by atoms with Gasteiger partial charge in [0.05, 0.1) is 46.2 Å². The summed E-state index contributed by atoms with van der Waals surface area (Å²) in [5, 5.41) is 42.5. The summed E-state index contributed by atoms with van der Waals surface area (Å²) < 4.78 is 33.0. The van der Waals surface area contributed by atoms with Gasteiger partial charge in [-0.3, -0.25) is 34.2 Å². The number of nitrogens with two attached hydrogens (primary N) is 4. The van der Waals surface area contributed by atoms with Crippen molar-refractivity contribution in [2.75, 3.05) is 36.3 Å². The molecule has 0 spiro atoms. The van der Waals surface area contributed by atoms with Crippen LogP contribution in [0.15, 0.2) is 312 Å². The molecule has 15 aromatic rings. The van der Waals surface area contributed by atoms with Gasteiger partial charge in [-0.05, 0) is 211 Å². The van der Waals surface area contributed by atoms with E-state index in [-0.39, 0.29) is 79.3 Å². The lowest BCUT2D eigenvalue weighted by Crippen LogP contribution is -2.15.